The minimum Gasteiger partial charge on any atom is -0.372 e. The Hall–Kier alpha value is -3.51. The van der Waals surface area contributed by atoms with Crippen LogP contribution in [0.2, 0.25) is 0 Å². The first-order valence-electron chi connectivity index (χ1n) is 10.6. The molecule has 1 aliphatic heterocycles. The molecule has 0 radical (unpaired) electrons. The summed E-state index contributed by atoms with van der Waals surface area (Å²) in [4.78, 5) is 26.2. The van der Waals surface area contributed by atoms with Crippen LogP contribution >= 0.6 is 0 Å². The van der Waals surface area contributed by atoms with Crippen molar-refractivity contribution in [3.8, 4) is 0 Å². The summed E-state index contributed by atoms with van der Waals surface area (Å²) in [7, 11) is 0. The van der Waals surface area contributed by atoms with Crippen LogP contribution in [0.3, 0.4) is 0 Å². The van der Waals surface area contributed by atoms with Gasteiger partial charge in [-0.2, -0.15) is 0 Å². The fourth-order valence-electron chi connectivity index (χ4n) is 3.73. The Morgan fingerprint density at radius 2 is 1.53 bits per heavy atom. The van der Waals surface area contributed by atoms with Gasteiger partial charge in [-0.15, -0.1) is 0 Å². The largest absolute Gasteiger partial charge is 0.372 e. The first-order chi connectivity index (χ1) is 15.6. The number of rotatable bonds is 8. The zero-order chi connectivity index (χ0) is 22.3. The van der Waals surface area contributed by atoms with Crippen molar-refractivity contribution in [3.63, 3.8) is 0 Å². The van der Waals surface area contributed by atoms with Crippen LogP contribution in [0, 0.1) is 11.7 Å². The quantitative estimate of drug-likeness (QED) is 0.580. The Bertz CT molecular complexity index is 1070. The molecule has 0 bridgehead atoms. The summed E-state index contributed by atoms with van der Waals surface area (Å²) in [5.41, 5.74) is 3.36. The van der Waals surface area contributed by atoms with E-state index in [9.17, 15) is 14.0 Å². The monoisotopic (exact) mass is 432 g/mol. The maximum atomic E-state index is 14.0. The number of para-hydroxylation sites is 1. The number of benzene rings is 3. The van der Waals surface area contributed by atoms with Crippen molar-refractivity contribution >= 4 is 17.5 Å². The van der Waals surface area contributed by atoms with Crippen LogP contribution < -0.4 is 10.2 Å². The third-order valence-electron chi connectivity index (χ3n) is 5.51. The van der Waals surface area contributed by atoms with Crippen molar-refractivity contribution in [2.24, 2.45) is 5.92 Å². The number of nitrogens with zero attached hydrogens (tertiary/aromatic N) is 1. The van der Waals surface area contributed by atoms with Crippen molar-refractivity contribution < 1.29 is 18.7 Å². The number of halogens is 1. The molecule has 0 spiro atoms. The van der Waals surface area contributed by atoms with Crippen molar-refractivity contribution in [3.05, 3.63) is 101 Å². The number of carbonyl (C=O) groups is 2. The number of hydrogen-bond donors (Lipinski definition) is 1. The molecule has 1 unspecified atom stereocenters. The Labute approximate surface area is 186 Å². The number of hydrogen-bond acceptors (Lipinski definition) is 3. The summed E-state index contributed by atoms with van der Waals surface area (Å²) in [6.45, 7) is 1.62. The predicted molar refractivity (Wildman–Crippen MR) is 120 cm³/mol. The van der Waals surface area contributed by atoms with Crippen LogP contribution in [-0.2, 0) is 34.1 Å². The first-order valence-corrected chi connectivity index (χ1v) is 10.6. The number of amides is 2. The average molecular weight is 432 g/mol. The first kappa shape index (κ1) is 21.7. The standard InChI is InChI=1S/C26H25FN2O3/c27-23-8-4-5-9-24(23)29-16-22(14-25(29)30)26(31)28-15-19-10-12-21(13-11-19)18-32-17-20-6-2-1-3-7-20/h1-13,22H,14-18H2,(H,28,31). The summed E-state index contributed by atoms with van der Waals surface area (Å²) >= 11 is 0. The second-order valence-electron chi connectivity index (χ2n) is 7.87. The minimum atomic E-state index is -0.493. The summed E-state index contributed by atoms with van der Waals surface area (Å²) < 4.78 is 19.7. The zero-order valence-electron chi connectivity index (χ0n) is 17.7. The van der Waals surface area contributed by atoms with Crippen LogP contribution in [0.25, 0.3) is 0 Å². The number of ether oxygens (including phenoxy) is 1. The highest BCUT2D eigenvalue weighted by Crippen LogP contribution is 2.27. The predicted octanol–water partition coefficient (Wildman–Crippen LogP) is 4.21. The van der Waals surface area contributed by atoms with E-state index in [1.54, 1.807) is 18.2 Å². The lowest BCUT2D eigenvalue weighted by Gasteiger charge is -2.17. The summed E-state index contributed by atoms with van der Waals surface area (Å²) in [5, 5.41) is 2.89. The van der Waals surface area contributed by atoms with Crippen LogP contribution in [0.15, 0.2) is 78.9 Å². The molecule has 1 atom stereocenters. The molecule has 0 saturated carbocycles. The van der Waals surface area contributed by atoms with E-state index in [0.717, 1.165) is 16.7 Å². The van der Waals surface area contributed by atoms with Gasteiger partial charge in [0.1, 0.15) is 5.82 Å². The van der Waals surface area contributed by atoms with Gasteiger partial charge in [0.15, 0.2) is 0 Å². The minimum absolute atomic E-state index is 0.0812. The molecule has 0 aliphatic carbocycles. The van der Waals surface area contributed by atoms with Crippen molar-refractivity contribution in [2.45, 2.75) is 26.2 Å². The van der Waals surface area contributed by atoms with Gasteiger partial charge in [-0.1, -0.05) is 66.7 Å². The van der Waals surface area contributed by atoms with E-state index < -0.39 is 11.7 Å². The molecule has 1 N–H and O–H groups in total. The van der Waals surface area contributed by atoms with E-state index in [1.807, 2.05) is 54.6 Å². The second-order valence-corrected chi connectivity index (χ2v) is 7.87. The molecule has 1 heterocycles. The van der Waals surface area contributed by atoms with Gasteiger partial charge in [0.2, 0.25) is 11.8 Å². The molecule has 164 valence electrons. The maximum Gasteiger partial charge on any atom is 0.227 e. The van der Waals surface area contributed by atoms with Gasteiger partial charge in [0.05, 0.1) is 24.8 Å². The molecule has 1 fully saturated rings. The van der Waals surface area contributed by atoms with Gasteiger partial charge in [-0.25, -0.2) is 4.39 Å². The van der Waals surface area contributed by atoms with E-state index in [4.69, 9.17) is 4.74 Å². The lowest BCUT2D eigenvalue weighted by Crippen LogP contribution is -2.32. The lowest BCUT2D eigenvalue weighted by molar-refractivity contribution is -0.126. The summed E-state index contributed by atoms with van der Waals surface area (Å²) in [6.07, 6.45) is 0.0812. The van der Waals surface area contributed by atoms with Crippen molar-refractivity contribution in [2.75, 3.05) is 11.4 Å². The van der Waals surface area contributed by atoms with E-state index in [-0.39, 0.29) is 30.5 Å². The van der Waals surface area contributed by atoms with Crippen LogP contribution in [0.4, 0.5) is 10.1 Å². The highest BCUT2D eigenvalue weighted by Gasteiger charge is 2.35. The molecular weight excluding hydrogens is 407 g/mol. The molecular formula is C26H25FN2O3. The zero-order valence-corrected chi connectivity index (χ0v) is 17.7. The molecule has 1 saturated heterocycles. The van der Waals surface area contributed by atoms with E-state index in [2.05, 4.69) is 5.32 Å². The molecule has 5 nitrogen and oxygen atoms in total. The third kappa shape index (κ3) is 5.39. The molecule has 2 amide bonds. The van der Waals surface area contributed by atoms with Crippen LogP contribution in [0.5, 0.6) is 0 Å². The Kier molecular flexibility index (Phi) is 6.92. The average Bonchev–Trinajstić information content (AvgIpc) is 3.21. The van der Waals surface area contributed by atoms with E-state index in [1.165, 1.54) is 11.0 Å². The number of anilines is 1. The van der Waals surface area contributed by atoms with E-state index in [0.29, 0.717) is 19.8 Å². The maximum absolute atomic E-state index is 14.0. The van der Waals surface area contributed by atoms with Crippen LogP contribution in [0.1, 0.15) is 23.1 Å². The fraction of sp³-hybridized carbons (Fsp3) is 0.231. The van der Waals surface area contributed by atoms with Gasteiger partial charge in [0.25, 0.3) is 0 Å². The van der Waals surface area contributed by atoms with Gasteiger partial charge in [0, 0.05) is 19.5 Å². The summed E-state index contributed by atoms with van der Waals surface area (Å²) in [6, 6.07) is 24.0. The number of carbonyl (C=O) groups excluding carboxylic acids is 2. The molecule has 3 aromatic rings. The lowest BCUT2D eigenvalue weighted by atomic mass is 10.1. The van der Waals surface area contributed by atoms with Gasteiger partial charge < -0.3 is 15.0 Å². The smallest absolute Gasteiger partial charge is 0.227 e. The Morgan fingerprint density at radius 1 is 0.906 bits per heavy atom. The van der Waals surface area contributed by atoms with Crippen LogP contribution in [-0.4, -0.2) is 18.4 Å². The fourth-order valence-corrected chi connectivity index (χ4v) is 3.73. The SMILES string of the molecule is O=C(NCc1ccc(COCc2ccccc2)cc1)C1CC(=O)N(c2ccccc2F)C1. The number of nitrogens with one attached hydrogen (secondary N) is 1. The second kappa shape index (κ2) is 10.2. The molecule has 6 heteroatoms. The van der Waals surface area contributed by atoms with Gasteiger partial charge >= 0.3 is 0 Å². The Morgan fingerprint density at radius 3 is 2.25 bits per heavy atom. The summed E-state index contributed by atoms with van der Waals surface area (Å²) in [5.74, 6) is -1.40. The van der Waals surface area contributed by atoms with Crippen molar-refractivity contribution in [1.82, 2.24) is 5.32 Å². The highest BCUT2D eigenvalue weighted by atomic mass is 19.1. The molecule has 4 rings (SSSR count). The molecule has 32 heavy (non-hydrogen) atoms. The van der Waals surface area contributed by atoms with Gasteiger partial charge in [-0.3, -0.25) is 9.59 Å². The topological polar surface area (TPSA) is 58.6 Å². The molecule has 3 aromatic carbocycles. The third-order valence-corrected chi connectivity index (χ3v) is 5.51. The Balaban J connectivity index is 1.24. The van der Waals surface area contributed by atoms with E-state index >= 15 is 0 Å². The molecule has 0 aromatic heterocycles. The van der Waals surface area contributed by atoms with Gasteiger partial charge in [-0.05, 0) is 28.8 Å². The van der Waals surface area contributed by atoms with Crippen molar-refractivity contribution in [1.29, 1.82) is 0 Å². The normalized spacial score (nSPS) is 15.7. The highest BCUT2D eigenvalue weighted by molar-refractivity contribution is 6.00. The molecule has 1 aliphatic rings.